The van der Waals surface area contributed by atoms with Crippen LogP contribution in [0.1, 0.15) is 30.1 Å². The van der Waals surface area contributed by atoms with Crippen LogP contribution in [-0.2, 0) is 0 Å². The van der Waals surface area contributed by atoms with Gasteiger partial charge < -0.3 is 11.1 Å². The molecule has 0 bridgehead atoms. The average molecular weight is 342 g/mol. The van der Waals surface area contributed by atoms with Gasteiger partial charge in [0, 0.05) is 23.2 Å². The van der Waals surface area contributed by atoms with Crippen molar-refractivity contribution < 1.29 is 9.72 Å². The molecule has 20 heavy (non-hydrogen) atoms. The Morgan fingerprint density at radius 2 is 2.25 bits per heavy atom. The molecule has 0 aromatic heterocycles. The van der Waals surface area contributed by atoms with E-state index >= 15 is 0 Å². The summed E-state index contributed by atoms with van der Waals surface area (Å²) in [6.07, 6.45) is 2.09. The van der Waals surface area contributed by atoms with Gasteiger partial charge in [-0.1, -0.05) is 0 Å². The standard InChI is InChI=1S/C13H16BrN3O3/c1-13(7-15,8-2-3-8)16-12(18)10-6-9(17(19)20)4-5-11(10)14/h4-6,8H,2-3,7,15H2,1H3,(H,16,18). The largest absolute Gasteiger partial charge is 0.345 e. The Kier molecular flexibility index (Phi) is 4.10. The zero-order valence-corrected chi connectivity index (χ0v) is 12.6. The van der Waals surface area contributed by atoms with Gasteiger partial charge in [-0.25, -0.2) is 0 Å². The van der Waals surface area contributed by atoms with E-state index in [-0.39, 0.29) is 17.2 Å². The van der Waals surface area contributed by atoms with Gasteiger partial charge >= 0.3 is 0 Å². The number of carbonyl (C=O) groups excluding carboxylic acids is 1. The molecular weight excluding hydrogens is 326 g/mol. The summed E-state index contributed by atoms with van der Waals surface area (Å²) in [5, 5.41) is 13.7. The van der Waals surface area contributed by atoms with E-state index in [0.29, 0.717) is 16.9 Å². The number of nitrogens with zero attached hydrogens (tertiary/aromatic N) is 1. The van der Waals surface area contributed by atoms with Gasteiger partial charge in [0.1, 0.15) is 0 Å². The Morgan fingerprint density at radius 3 is 2.75 bits per heavy atom. The first-order valence-corrected chi connectivity index (χ1v) is 7.13. The molecular formula is C13H16BrN3O3. The van der Waals surface area contributed by atoms with E-state index in [1.807, 2.05) is 6.92 Å². The Balaban J connectivity index is 2.24. The van der Waals surface area contributed by atoms with Crippen LogP contribution in [0, 0.1) is 16.0 Å². The smallest absolute Gasteiger partial charge is 0.270 e. The summed E-state index contributed by atoms with van der Waals surface area (Å²) in [4.78, 5) is 22.6. The summed E-state index contributed by atoms with van der Waals surface area (Å²) >= 11 is 3.25. The van der Waals surface area contributed by atoms with Crippen LogP contribution in [0.25, 0.3) is 0 Å². The van der Waals surface area contributed by atoms with Gasteiger partial charge in [0.25, 0.3) is 11.6 Å². The summed E-state index contributed by atoms with van der Waals surface area (Å²) in [7, 11) is 0. The maximum Gasteiger partial charge on any atom is 0.270 e. The maximum absolute atomic E-state index is 12.3. The van der Waals surface area contributed by atoms with Crippen LogP contribution in [-0.4, -0.2) is 22.9 Å². The van der Waals surface area contributed by atoms with Crippen molar-refractivity contribution in [2.45, 2.75) is 25.3 Å². The van der Waals surface area contributed by atoms with Crippen molar-refractivity contribution in [2.24, 2.45) is 11.7 Å². The molecule has 1 fully saturated rings. The molecule has 3 N–H and O–H groups in total. The Morgan fingerprint density at radius 1 is 1.60 bits per heavy atom. The third kappa shape index (κ3) is 2.99. The van der Waals surface area contributed by atoms with Crippen LogP contribution in [0.2, 0.25) is 0 Å². The first-order valence-electron chi connectivity index (χ1n) is 6.34. The number of hydrogen-bond acceptors (Lipinski definition) is 4. The molecule has 7 heteroatoms. The van der Waals surface area contributed by atoms with Crippen molar-refractivity contribution in [1.29, 1.82) is 0 Å². The van der Waals surface area contributed by atoms with Gasteiger partial charge in [-0.2, -0.15) is 0 Å². The highest BCUT2D eigenvalue weighted by Crippen LogP contribution is 2.39. The fraction of sp³-hybridized carbons (Fsp3) is 0.462. The number of nitro benzene ring substituents is 1. The fourth-order valence-electron chi connectivity index (χ4n) is 2.17. The molecule has 1 amide bonds. The van der Waals surface area contributed by atoms with Crippen LogP contribution in [0.15, 0.2) is 22.7 Å². The predicted octanol–water partition coefficient (Wildman–Crippen LogP) is 2.21. The lowest BCUT2D eigenvalue weighted by Crippen LogP contribution is -2.53. The van der Waals surface area contributed by atoms with Crippen LogP contribution >= 0.6 is 15.9 Å². The number of non-ortho nitro benzene ring substituents is 1. The molecule has 0 spiro atoms. The van der Waals surface area contributed by atoms with Gasteiger partial charge in [0.2, 0.25) is 0 Å². The van der Waals surface area contributed by atoms with Crippen LogP contribution in [0.4, 0.5) is 5.69 Å². The second kappa shape index (κ2) is 5.49. The summed E-state index contributed by atoms with van der Waals surface area (Å²) in [6.45, 7) is 2.25. The van der Waals surface area contributed by atoms with Crippen molar-refractivity contribution in [3.63, 3.8) is 0 Å². The van der Waals surface area contributed by atoms with Gasteiger partial charge in [-0.3, -0.25) is 14.9 Å². The molecule has 1 aromatic rings. The minimum Gasteiger partial charge on any atom is -0.345 e. The molecule has 1 atom stereocenters. The topological polar surface area (TPSA) is 98.3 Å². The van der Waals surface area contributed by atoms with Crippen LogP contribution < -0.4 is 11.1 Å². The lowest BCUT2D eigenvalue weighted by molar-refractivity contribution is -0.384. The normalized spacial score (nSPS) is 17.4. The summed E-state index contributed by atoms with van der Waals surface area (Å²) in [6, 6.07) is 4.12. The van der Waals surface area contributed by atoms with E-state index in [9.17, 15) is 14.9 Å². The van der Waals surface area contributed by atoms with Crippen molar-refractivity contribution in [2.75, 3.05) is 6.54 Å². The van der Waals surface area contributed by atoms with Crippen molar-refractivity contribution in [3.8, 4) is 0 Å². The molecule has 1 aliphatic rings. The Bertz CT molecular complexity index is 560. The maximum atomic E-state index is 12.3. The van der Waals surface area contributed by atoms with Gasteiger partial charge in [-0.15, -0.1) is 0 Å². The fourth-order valence-corrected chi connectivity index (χ4v) is 2.59. The van der Waals surface area contributed by atoms with Crippen LogP contribution in [0.3, 0.4) is 0 Å². The minimum absolute atomic E-state index is 0.112. The number of rotatable bonds is 5. The third-order valence-corrected chi connectivity index (χ3v) is 4.40. The number of nitrogens with two attached hydrogens (primary N) is 1. The lowest BCUT2D eigenvalue weighted by Gasteiger charge is -2.29. The number of halogens is 1. The van der Waals surface area contributed by atoms with E-state index < -0.39 is 10.5 Å². The molecule has 6 nitrogen and oxygen atoms in total. The number of hydrogen-bond donors (Lipinski definition) is 2. The van der Waals surface area contributed by atoms with E-state index in [1.165, 1.54) is 18.2 Å². The number of carbonyl (C=O) groups is 1. The van der Waals surface area contributed by atoms with Crippen molar-refractivity contribution >= 4 is 27.5 Å². The van der Waals surface area contributed by atoms with Crippen molar-refractivity contribution in [3.05, 3.63) is 38.3 Å². The average Bonchev–Trinajstić information content (AvgIpc) is 3.23. The quantitative estimate of drug-likeness (QED) is 0.633. The highest BCUT2D eigenvalue weighted by atomic mass is 79.9. The third-order valence-electron chi connectivity index (χ3n) is 3.71. The van der Waals surface area contributed by atoms with Gasteiger partial charge in [-0.05, 0) is 47.7 Å². The van der Waals surface area contributed by atoms with Crippen LogP contribution in [0.5, 0.6) is 0 Å². The number of nitro groups is 1. The minimum atomic E-state index is -0.522. The number of benzene rings is 1. The molecule has 2 rings (SSSR count). The zero-order valence-electron chi connectivity index (χ0n) is 11.1. The first-order chi connectivity index (χ1) is 9.37. The number of nitrogens with one attached hydrogen (secondary N) is 1. The second-order valence-electron chi connectivity index (χ2n) is 5.27. The molecule has 0 aliphatic heterocycles. The van der Waals surface area contributed by atoms with Gasteiger partial charge in [0.15, 0.2) is 0 Å². The zero-order chi connectivity index (χ0) is 14.9. The highest BCUT2D eigenvalue weighted by Gasteiger charge is 2.41. The monoisotopic (exact) mass is 341 g/mol. The molecule has 0 radical (unpaired) electrons. The first kappa shape index (κ1) is 14.9. The highest BCUT2D eigenvalue weighted by molar-refractivity contribution is 9.10. The molecule has 1 aliphatic carbocycles. The molecule has 0 saturated heterocycles. The van der Waals surface area contributed by atoms with Gasteiger partial charge in [0.05, 0.1) is 16.0 Å². The second-order valence-corrected chi connectivity index (χ2v) is 6.13. The molecule has 108 valence electrons. The number of amides is 1. The SMILES string of the molecule is CC(CN)(NC(=O)c1cc([N+](=O)[O-])ccc1Br)C1CC1. The Hall–Kier alpha value is -1.47. The lowest BCUT2D eigenvalue weighted by atomic mass is 9.95. The molecule has 1 unspecified atom stereocenters. The summed E-state index contributed by atoms with van der Waals surface area (Å²) in [5.41, 5.74) is 5.44. The van der Waals surface area contributed by atoms with Crippen molar-refractivity contribution in [1.82, 2.24) is 5.32 Å². The summed E-state index contributed by atoms with van der Waals surface area (Å²) in [5.74, 6) is 0.0364. The predicted molar refractivity (Wildman–Crippen MR) is 78.4 cm³/mol. The van der Waals surface area contributed by atoms with E-state index in [1.54, 1.807) is 0 Å². The Labute approximate surface area is 125 Å². The molecule has 1 saturated carbocycles. The molecule has 1 aromatic carbocycles. The van der Waals surface area contributed by atoms with E-state index in [4.69, 9.17) is 5.73 Å². The molecule has 0 heterocycles. The van der Waals surface area contributed by atoms with E-state index in [0.717, 1.165) is 12.8 Å². The van der Waals surface area contributed by atoms with E-state index in [2.05, 4.69) is 21.2 Å². The summed E-state index contributed by atoms with van der Waals surface area (Å²) < 4.78 is 0.524.